The lowest BCUT2D eigenvalue weighted by Gasteiger charge is -2.12. The van der Waals surface area contributed by atoms with E-state index in [-0.39, 0.29) is 11.5 Å². The fourth-order valence-corrected chi connectivity index (χ4v) is 4.61. The van der Waals surface area contributed by atoms with Crippen LogP contribution in [0.3, 0.4) is 0 Å². The number of pyridine rings is 1. The van der Waals surface area contributed by atoms with Crippen LogP contribution < -0.4 is 16.2 Å². The van der Waals surface area contributed by atoms with E-state index in [2.05, 4.69) is 32.4 Å². The highest BCUT2D eigenvalue weighted by atomic mass is 32.2. The van der Waals surface area contributed by atoms with Gasteiger partial charge >= 0.3 is 0 Å². The van der Waals surface area contributed by atoms with E-state index in [0.717, 1.165) is 44.8 Å². The minimum absolute atomic E-state index is 0.000374. The van der Waals surface area contributed by atoms with Crippen LogP contribution in [0.4, 0.5) is 17.2 Å². The number of carbonyl (C=O) groups excluding carboxylic acids is 1. The molecule has 1 aliphatic rings. The molecule has 1 amide bonds. The van der Waals surface area contributed by atoms with Gasteiger partial charge in [-0.25, -0.2) is 9.97 Å². The zero-order chi connectivity index (χ0) is 25.1. The SMILES string of the molecule is CCn1ccc(Sc2ccc(Nc3ncnc4ccc(NC(=O)C#CC5CC5)cc34)cc2C)cc1=O. The van der Waals surface area contributed by atoms with Gasteiger partial charge in [-0.3, -0.25) is 9.59 Å². The molecule has 36 heavy (non-hydrogen) atoms. The molecule has 1 saturated carbocycles. The van der Waals surface area contributed by atoms with Gasteiger partial charge in [-0.1, -0.05) is 17.7 Å². The zero-order valence-electron chi connectivity index (χ0n) is 20.0. The van der Waals surface area contributed by atoms with Crippen molar-refractivity contribution in [1.29, 1.82) is 0 Å². The second kappa shape index (κ2) is 10.3. The van der Waals surface area contributed by atoms with Crippen molar-refractivity contribution in [2.45, 2.75) is 43.0 Å². The Hall–Kier alpha value is -4.09. The van der Waals surface area contributed by atoms with E-state index in [1.165, 1.54) is 6.33 Å². The molecule has 2 heterocycles. The Morgan fingerprint density at radius 3 is 2.69 bits per heavy atom. The van der Waals surface area contributed by atoms with Gasteiger partial charge in [0.15, 0.2) is 0 Å². The van der Waals surface area contributed by atoms with Crippen LogP contribution in [0.15, 0.2) is 75.6 Å². The molecule has 0 unspecified atom stereocenters. The molecule has 2 aromatic heterocycles. The van der Waals surface area contributed by atoms with Gasteiger partial charge in [0.05, 0.1) is 5.52 Å². The number of amides is 1. The maximum absolute atomic E-state index is 12.2. The Labute approximate surface area is 213 Å². The van der Waals surface area contributed by atoms with Gasteiger partial charge in [-0.15, -0.1) is 0 Å². The van der Waals surface area contributed by atoms with Gasteiger partial charge < -0.3 is 15.2 Å². The Bertz CT molecular complexity index is 1580. The Balaban J connectivity index is 1.34. The van der Waals surface area contributed by atoms with Gasteiger partial charge in [-0.05, 0) is 80.6 Å². The van der Waals surface area contributed by atoms with Crippen LogP contribution in [0.5, 0.6) is 0 Å². The number of benzene rings is 2. The number of carbonyl (C=O) groups is 1. The third-order valence-corrected chi connectivity index (χ3v) is 7.00. The van der Waals surface area contributed by atoms with Crippen molar-refractivity contribution in [3.05, 3.63) is 77.0 Å². The van der Waals surface area contributed by atoms with E-state index >= 15 is 0 Å². The molecule has 7 nitrogen and oxygen atoms in total. The molecule has 0 radical (unpaired) electrons. The predicted molar refractivity (Wildman–Crippen MR) is 144 cm³/mol. The topological polar surface area (TPSA) is 88.9 Å². The summed E-state index contributed by atoms with van der Waals surface area (Å²) in [6.45, 7) is 4.64. The van der Waals surface area contributed by atoms with Crippen molar-refractivity contribution >= 4 is 45.8 Å². The number of fused-ring (bicyclic) bond motifs is 1. The molecule has 0 saturated heterocycles. The van der Waals surface area contributed by atoms with Crippen LogP contribution in [-0.2, 0) is 11.3 Å². The molecule has 0 bridgehead atoms. The molecular formula is C28H25N5O2S. The summed E-state index contributed by atoms with van der Waals surface area (Å²) in [4.78, 5) is 35.1. The van der Waals surface area contributed by atoms with Gasteiger partial charge in [-0.2, -0.15) is 0 Å². The molecule has 8 heteroatoms. The van der Waals surface area contributed by atoms with Crippen molar-refractivity contribution in [2.75, 3.05) is 10.6 Å². The van der Waals surface area contributed by atoms with Crippen LogP contribution in [0.1, 0.15) is 25.3 Å². The summed E-state index contributed by atoms with van der Waals surface area (Å²) in [5.74, 6) is 6.33. The average molecular weight is 496 g/mol. The summed E-state index contributed by atoms with van der Waals surface area (Å²) >= 11 is 1.56. The molecule has 4 aromatic rings. The van der Waals surface area contributed by atoms with Gasteiger partial charge in [0, 0.05) is 51.3 Å². The van der Waals surface area contributed by atoms with Crippen molar-refractivity contribution in [3.8, 4) is 11.8 Å². The number of rotatable bonds is 6. The van der Waals surface area contributed by atoms with E-state index in [0.29, 0.717) is 24.0 Å². The number of nitrogens with one attached hydrogen (secondary N) is 2. The fraction of sp³-hybridized carbons (Fsp3) is 0.214. The molecule has 5 rings (SSSR count). The van der Waals surface area contributed by atoms with Crippen molar-refractivity contribution in [2.24, 2.45) is 5.92 Å². The van der Waals surface area contributed by atoms with E-state index in [9.17, 15) is 9.59 Å². The highest BCUT2D eigenvalue weighted by molar-refractivity contribution is 7.99. The lowest BCUT2D eigenvalue weighted by atomic mass is 10.2. The van der Waals surface area contributed by atoms with Crippen molar-refractivity contribution in [3.63, 3.8) is 0 Å². The maximum atomic E-state index is 12.2. The number of aromatic nitrogens is 3. The highest BCUT2D eigenvalue weighted by Gasteiger charge is 2.18. The van der Waals surface area contributed by atoms with Crippen molar-refractivity contribution < 1.29 is 4.79 Å². The Morgan fingerprint density at radius 2 is 1.94 bits per heavy atom. The fourth-order valence-electron chi connectivity index (χ4n) is 3.71. The number of hydrogen-bond donors (Lipinski definition) is 2. The predicted octanol–water partition coefficient (Wildman–Crippen LogP) is 5.37. The smallest absolute Gasteiger partial charge is 0.300 e. The lowest BCUT2D eigenvalue weighted by molar-refractivity contribution is -0.111. The first-order valence-electron chi connectivity index (χ1n) is 11.8. The van der Waals surface area contributed by atoms with Crippen LogP contribution in [0.25, 0.3) is 10.9 Å². The molecule has 0 atom stereocenters. The van der Waals surface area contributed by atoms with Crippen molar-refractivity contribution in [1.82, 2.24) is 14.5 Å². The first-order valence-corrected chi connectivity index (χ1v) is 12.6. The summed E-state index contributed by atoms with van der Waals surface area (Å²) in [5, 5.41) is 7.00. The molecule has 0 aliphatic heterocycles. The maximum Gasteiger partial charge on any atom is 0.300 e. The summed E-state index contributed by atoms with van der Waals surface area (Å²) in [6.07, 6.45) is 5.49. The normalized spacial score (nSPS) is 12.6. The highest BCUT2D eigenvalue weighted by Crippen LogP contribution is 2.32. The second-order valence-corrected chi connectivity index (χ2v) is 9.76. The minimum Gasteiger partial charge on any atom is -0.340 e. The largest absolute Gasteiger partial charge is 0.340 e. The molecule has 2 N–H and O–H groups in total. The zero-order valence-corrected chi connectivity index (χ0v) is 20.9. The van der Waals surface area contributed by atoms with Crippen LogP contribution in [-0.4, -0.2) is 20.4 Å². The molecule has 180 valence electrons. The van der Waals surface area contributed by atoms with E-state index in [1.807, 2.05) is 62.5 Å². The van der Waals surface area contributed by atoms with Crippen LogP contribution in [0.2, 0.25) is 0 Å². The van der Waals surface area contributed by atoms with Gasteiger partial charge in [0.2, 0.25) is 0 Å². The number of anilines is 3. The Morgan fingerprint density at radius 1 is 1.11 bits per heavy atom. The van der Waals surface area contributed by atoms with Gasteiger partial charge in [0.25, 0.3) is 11.5 Å². The number of nitrogens with zero attached hydrogens (tertiary/aromatic N) is 3. The summed E-state index contributed by atoms with van der Waals surface area (Å²) < 4.78 is 1.68. The van der Waals surface area contributed by atoms with Gasteiger partial charge in [0.1, 0.15) is 12.1 Å². The van der Waals surface area contributed by atoms with E-state index in [4.69, 9.17) is 0 Å². The summed E-state index contributed by atoms with van der Waals surface area (Å²) in [5.41, 5.74) is 3.36. The van der Waals surface area contributed by atoms with Crippen LogP contribution >= 0.6 is 11.8 Å². The third-order valence-electron chi connectivity index (χ3n) is 5.83. The van der Waals surface area contributed by atoms with Crippen LogP contribution in [0, 0.1) is 24.7 Å². The van der Waals surface area contributed by atoms with E-state index < -0.39 is 0 Å². The third kappa shape index (κ3) is 5.58. The van der Waals surface area contributed by atoms with E-state index in [1.54, 1.807) is 22.4 Å². The quantitative estimate of drug-likeness (QED) is 0.350. The number of hydrogen-bond acceptors (Lipinski definition) is 6. The minimum atomic E-state index is -0.316. The lowest BCUT2D eigenvalue weighted by Crippen LogP contribution is -2.16. The number of aryl methyl sites for hydroxylation is 2. The molecule has 1 fully saturated rings. The molecule has 0 spiro atoms. The Kier molecular flexibility index (Phi) is 6.74. The standard InChI is InChI=1S/C28H25N5O2S/c1-3-33-13-12-22(16-27(33)35)36-25-10-8-20(14-18(25)2)32-28-23-15-21(7-9-24(23)29-17-30-28)31-26(34)11-6-19-4-5-19/h7-10,12-17,19H,3-5H2,1-2H3,(H,31,34)(H,29,30,32). The first kappa shape index (κ1) is 23.6. The summed E-state index contributed by atoms with van der Waals surface area (Å²) in [6, 6.07) is 15.2. The molecular weight excluding hydrogens is 470 g/mol. The first-order chi connectivity index (χ1) is 17.5. The molecule has 1 aliphatic carbocycles. The monoisotopic (exact) mass is 495 g/mol. The second-order valence-electron chi connectivity index (χ2n) is 8.65. The average Bonchev–Trinajstić information content (AvgIpc) is 3.70. The summed E-state index contributed by atoms with van der Waals surface area (Å²) in [7, 11) is 0. The molecule has 2 aromatic carbocycles.